The van der Waals surface area contributed by atoms with Gasteiger partial charge in [0.25, 0.3) is 0 Å². The summed E-state index contributed by atoms with van der Waals surface area (Å²) in [5, 5.41) is 3.49. The summed E-state index contributed by atoms with van der Waals surface area (Å²) in [5.41, 5.74) is 3.37. The molecule has 39 heavy (non-hydrogen) atoms. The SMILES string of the molecule is CCNC(=O)[C@@H](Cc1ccccc1)N(Cc1c(Cl)cccc1Cl)C(=O)CN(c1ccc(C)cc1C)S(C)(=O)=O. The van der Waals surface area contributed by atoms with Crippen molar-refractivity contribution in [3.05, 3.63) is 99.0 Å². The molecule has 3 rings (SSSR count). The first-order valence-corrected chi connectivity index (χ1v) is 15.1. The first-order chi connectivity index (χ1) is 18.4. The molecule has 0 aliphatic heterocycles. The Hall–Kier alpha value is -3.07. The Morgan fingerprint density at radius 1 is 0.949 bits per heavy atom. The van der Waals surface area contributed by atoms with Crippen LogP contribution in [-0.4, -0.2) is 50.5 Å². The maximum Gasteiger partial charge on any atom is 0.244 e. The molecule has 0 radical (unpaired) electrons. The standard InChI is InChI=1S/C29H33Cl2N3O4S/c1-5-32-29(36)27(17-22-10-7-6-8-11-22)33(18-23-24(30)12-9-13-25(23)31)28(35)19-34(39(4,37)38)26-15-14-20(2)16-21(26)3/h6-16,27H,5,17-19H2,1-4H3,(H,32,36)/t27-/m1/s1. The van der Waals surface area contributed by atoms with Gasteiger partial charge in [0.1, 0.15) is 12.6 Å². The van der Waals surface area contributed by atoms with Gasteiger partial charge < -0.3 is 10.2 Å². The number of halogens is 2. The van der Waals surface area contributed by atoms with Gasteiger partial charge in [-0.3, -0.25) is 13.9 Å². The predicted molar refractivity (Wildman–Crippen MR) is 158 cm³/mol. The summed E-state index contributed by atoms with van der Waals surface area (Å²) in [7, 11) is -3.85. The van der Waals surface area contributed by atoms with Crippen LogP contribution >= 0.6 is 23.2 Å². The van der Waals surface area contributed by atoms with Gasteiger partial charge in [0.15, 0.2) is 0 Å². The highest BCUT2D eigenvalue weighted by molar-refractivity contribution is 7.92. The summed E-state index contributed by atoms with van der Waals surface area (Å²) < 4.78 is 26.9. The lowest BCUT2D eigenvalue weighted by molar-refractivity contribution is -0.140. The Morgan fingerprint density at radius 2 is 1.59 bits per heavy atom. The molecule has 10 heteroatoms. The number of carbonyl (C=O) groups is 2. The van der Waals surface area contributed by atoms with Crippen LogP contribution in [0.15, 0.2) is 66.7 Å². The number of benzene rings is 3. The number of hydrogen-bond donors (Lipinski definition) is 1. The summed E-state index contributed by atoms with van der Waals surface area (Å²) in [6.45, 7) is 5.25. The first kappa shape index (κ1) is 30.5. The molecule has 0 fully saturated rings. The van der Waals surface area contributed by atoms with Crippen LogP contribution in [0.3, 0.4) is 0 Å². The van der Waals surface area contributed by atoms with Crippen molar-refractivity contribution >= 4 is 50.7 Å². The fourth-order valence-electron chi connectivity index (χ4n) is 4.38. The van der Waals surface area contributed by atoms with Gasteiger partial charge in [-0.2, -0.15) is 0 Å². The molecule has 208 valence electrons. The van der Waals surface area contributed by atoms with E-state index in [1.165, 1.54) is 4.90 Å². The second-order valence-corrected chi connectivity index (χ2v) is 12.1. The van der Waals surface area contributed by atoms with E-state index < -0.39 is 28.5 Å². The number of nitrogens with one attached hydrogen (secondary N) is 1. The third-order valence-corrected chi connectivity index (χ3v) is 8.15. The van der Waals surface area contributed by atoms with Crippen molar-refractivity contribution in [3.8, 4) is 0 Å². The van der Waals surface area contributed by atoms with Gasteiger partial charge in [0.05, 0.1) is 11.9 Å². The van der Waals surface area contributed by atoms with Crippen molar-refractivity contribution in [1.82, 2.24) is 10.2 Å². The zero-order valence-electron chi connectivity index (χ0n) is 22.4. The van der Waals surface area contributed by atoms with Gasteiger partial charge in [-0.05, 0) is 50.1 Å². The summed E-state index contributed by atoms with van der Waals surface area (Å²) in [6, 6.07) is 18.7. The number of sulfonamides is 1. The molecule has 0 aliphatic rings. The van der Waals surface area contributed by atoms with Gasteiger partial charge in [-0.15, -0.1) is 0 Å². The largest absolute Gasteiger partial charge is 0.355 e. The fourth-order valence-corrected chi connectivity index (χ4v) is 5.80. The smallest absolute Gasteiger partial charge is 0.244 e. The van der Waals surface area contributed by atoms with Crippen LogP contribution in [-0.2, 0) is 32.6 Å². The molecule has 0 aromatic heterocycles. The van der Waals surface area contributed by atoms with Crippen LogP contribution in [0, 0.1) is 13.8 Å². The molecule has 7 nitrogen and oxygen atoms in total. The predicted octanol–water partition coefficient (Wildman–Crippen LogP) is 5.15. The van der Waals surface area contributed by atoms with Gasteiger partial charge in [0, 0.05) is 35.1 Å². The van der Waals surface area contributed by atoms with Crippen molar-refractivity contribution in [2.45, 2.75) is 39.8 Å². The highest BCUT2D eigenvalue weighted by atomic mass is 35.5. The molecule has 3 aromatic carbocycles. The van der Waals surface area contributed by atoms with E-state index in [2.05, 4.69) is 5.32 Å². The second-order valence-electron chi connectivity index (χ2n) is 9.38. The number of amides is 2. The highest BCUT2D eigenvalue weighted by Gasteiger charge is 2.33. The summed E-state index contributed by atoms with van der Waals surface area (Å²) in [5.74, 6) is -0.932. The number of likely N-dealkylation sites (N-methyl/N-ethyl adjacent to an activating group) is 1. The lowest BCUT2D eigenvalue weighted by Gasteiger charge is -2.34. The van der Waals surface area contributed by atoms with E-state index in [1.807, 2.05) is 43.3 Å². The third kappa shape index (κ3) is 7.97. The molecule has 1 N–H and O–H groups in total. The Kier molecular flexibility index (Phi) is 10.4. The fraction of sp³-hybridized carbons (Fsp3) is 0.310. The maximum atomic E-state index is 14.1. The lowest BCUT2D eigenvalue weighted by atomic mass is 10.0. The zero-order valence-corrected chi connectivity index (χ0v) is 24.8. The van der Waals surface area contributed by atoms with Crippen LogP contribution in [0.25, 0.3) is 0 Å². The van der Waals surface area contributed by atoms with Gasteiger partial charge in [-0.25, -0.2) is 8.42 Å². The summed E-state index contributed by atoms with van der Waals surface area (Å²) >= 11 is 12.9. The monoisotopic (exact) mass is 589 g/mol. The Labute approximate surface area is 240 Å². The quantitative estimate of drug-likeness (QED) is 0.335. The van der Waals surface area contributed by atoms with Crippen LogP contribution < -0.4 is 9.62 Å². The minimum absolute atomic E-state index is 0.0868. The lowest BCUT2D eigenvalue weighted by Crippen LogP contribution is -2.53. The van der Waals surface area contributed by atoms with E-state index in [0.717, 1.165) is 21.7 Å². The molecule has 0 bridgehead atoms. The molecular weight excluding hydrogens is 557 g/mol. The molecule has 0 spiro atoms. The molecule has 2 amide bonds. The van der Waals surface area contributed by atoms with Gasteiger partial charge in [0.2, 0.25) is 21.8 Å². The number of anilines is 1. The Bertz CT molecular complexity index is 1410. The number of carbonyl (C=O) groups excluding carboxylic acids is 2. The molecule has 0 saturated carbocycles. The molecule has 0 unspecified atom stereocenters. The van der Waals surface area contributed by atoms with E-state index in [0.29, 0.717) is 33.4 Å². The van der Waals surface area contributed by atoms with Crippen molar-refractivity contribution in [2.75, 3.05) is 23.7 Å². The molecule has 0 saturated heterocycles. The number of nitrogens with zero attached hydrogens (tertiary/aromatic N) is 2. The van der Waals surface area contributed by atoms with E-state index in [1.54, 1.807) is 44.2 Å². The molecule has 1 atom stereocenters. The maximum absolute atomic E-state index is 14.1. The van der Waals surface area contributed by atoms with Crippen molar-refractivity contribution < 1.29 is 18.0 Å². The molecule has 0 heterocycles. The van der Waals surface area contributed by atoms with Gasteiger partial charge >= 0.3 is 0 Å². The normalized spacial score (nSPS) is 12.1. The topological polar surface area (TPSA) is 86.8 Å². The van der Waals surface area contributed by atoms with Crippen LogP contribution in [0.1, 0.15) is 29.2 Å². The van der Waals surface area contributed by atoms with E-state index in [-0.39, 0.29) is 18.9 Å². The molecular formula is C29H33Cl2N3O4S. The average Bonchev–Trinajstić information content (AvgIpc) is 2.86. The molecule has 3 aromatic rings. The van der Waals surface area contributed by atoms with E-state index >= 15 is 0 Å². The first-order valence-electron chi connectivity index (χ1n) is 12.5. The minimum Gasteiger partial charge on any atom is -0.355 e. The van der Waals surface area contributed by atoms with Crippen molar-refractivity contribution in [1.29, 1.82) is 0 Å². The minimum atomic E-state index is -3.85. The summed E-state index contributed by atoms with van der Waals surface area (Å²) in [4.78, 5) is 28.8. The second kappa shape index (κ2) is 13.3. The third-order valence-electron chi connectivity index (χ3n) is 6.31. The molecule has 0 aliphatic carbocycles. The Morgan fingerprint density at radius 3 is 2.15 bits per heavy atom. The van der Waals surface area contributed by atoms with Gasteiger partial charge in [-0.1, -0.05) is 77.3 Å². The highest BCUT2D eigenvalue weighted by Crippen LogP contribution is 2.28. The number of aryl methyl sites for hydroxylation is 2. The van der Waals surface area contributed by atoms with E-state index in [9.17, 15) is 18.0 Å². The van der Waals surface area contributed by atoms with E-state index in [4.69, 9.17) is 23.2 Å². The van der Waals surface area contributed by atoms with Crippen molar-refractivity contribution in [2.24, 2.45) is 0 Å². The average molecular weight is 591 g/mol. The van der Waals surface area contributed by atoms with Crippen LogP contribution in [0.4, 0.5) is 5.69 Å². The summed E-state index contributed by atoms with van der Waals surface area (Å²) in [6.07, 6.45) is 1.27. The van der Waals surface area contributed by atoms with Crippen molar-refractivity contribution in [3.63, 3.8) is 0 Å². The van der Waals surface area contributed by atoms with Crippen LogP contribution in [0.2, 0.25) is 10.0 Å². The van der Waals surface area contributed by atoms with Crippen LogP contribution in [0.5, 0.6) is 0 Å². The zero-order chi connectivity index (χ0) is 28.7. The number of rotatable bonds is 11. The number of hydrogen-bond acceptors (Lipinski definition) is 4. The Balaban J connectivity index is 2.10.